The van der Waals surface area contributed by atoms with Crippen LogP contribution in [-0.4, -0.2) is 27.7 Å². The van der Waals surface area contributed by atoms with Gasteiger partial charge in [-0.05, 0) is 52.0 Å². The molecule has 3 heterocycles. The Balaban J connectivity index is 2.15. The maximum absolute atomic E-state index is 6.13. The van der Waals surface area contributed by atoms with Crippen molar-refractivity contribution in [2.45, 2.75) is 46.6 Å². The fraction of sp³-hybridized carbons (Fsp3) is 0.625. The monoisotopic (exact) mass is 288 g/mol. The first-order valence-electron chi connectivity index (χ1n) is 7.69. The van der Waals surface area contributed by atoms with Gasteiger partial charge in [-0.1, -0.05) is 0 Å². The van der Waals surface area contributed by atoms with Crippen molar-refractivity contribution in [3.63, 3.8) is 0 Å². The molecule has 1 fully saturated rings. The molecule has 1 aliphatic heterocycles. The van der Waals surface area contributed by atoms with E-state index in [2.05, 4.69) is 35.3 Å². The number of fused-ring (bicyclic) bond motifs is 1. The van der Waals surface area contributed by atoms with Gasteiger partial charge in [0.05, 0.1) is 5.39 Å². The molecule has 2 aromatic heterocycles. The summed E-state index contributed by atoms with van der Waals surface area (Å²) in [6.07, 6.45) is 2.22. The van der Waals surface area contributed by atoms with Crippen LogP contribution in [0.2, 0.25) is 0 Å². The third-order valence-electron chi connectivity index (χ3n) is 4.89. The zero-order valence-corrected chi connectivity index (χ0v) is 13.3. The highest BCUT2D eigenvalue weighted by atomic mass is 16.5. The van der Waals surface area contributed by atoms with E-state index in [1.807, 2.05) is 6.92 Å². The summed E-state index contributed by atoms with van der Waals surface area (Å²) >= 11 is 0. The molecule has 2 aromatic rings. The maximum Gasteiger partial charge on any atom is 0.146 e. The van der Waals surface area contributed by atoms with Crippen LogP contribution in [0.5, 0.6) is 0 Å². The van der Waals surface area contributed by atoms with E-state index in [1.54, 1.807) is 0 Å². The molecule has 0 aliphatic carbocycles. The first-order valence-corrected chi connectivity index (χ1v) is 7.69. The van der Waals surface area contributed by atoms with Crippen molar-refractivity contribution in [2.24, 2.45) is 5.92 Å². The summed E-state index contributed by atoms with van der Waals surface area (Å²) < 4.78 is 7.84. The lowest BCUT2D eigenvalue weighted by Crippen LogP contribution is -2.25. The molecular formula is C16H24N4O. The molecular weight excluding hydrogens is 264 g/mol. The zero-order chi connectivity index (χ0) is 15.1. The molecule has 0 amide bonds. The van der Waals surface area contributed by atoms with Crippen LogP contribution in [0.1, 0.15) is 42.9 Å². The van der Waals surface area contributed by atoms with Gasteiger partial charge in [0.15, 0.2) is 0 Å². The van der Waals surface area contributed by atoms with Crippen LogP contribution in [0.15, 0.2) is 0 Å². The van der Waals surface area contributed by atoms with E-state index in [-0.39, 0.29) is 0 Å². The van der Waals surface area contributed by atoms with Gasteiger partial charge in [-0.15, -0.1) is 0 Å². The van der Waals surface area contributed by atoms with Crippen molar-refractivity contribution in [1.29, 1.82) is 0 Å². The van der Waals surface area contributed by atoms with Crippen LogP contribution in [-0.2, 0) is 4.74 Å². The summed E-state index contributed by atoms with van der Waals surface area (Å²) in [5.74, 6) is 1.96. The predicted octanol–water partition coefficient (Wildman–Crippen LogP) is 2.93. The summed E-state index contributed by atoms with van der Waals surface area (Å²) in [5.41, 5.74) is 9.56. The second-order valence-electron chi connectivity index (χ2n) is 6.13. The predicted molar refractivity (Wildman–Crippen MR) is 84.4 cm³/mol. The van der Waals surface area contributed by atoms with E-state index in [9.17, 15) is 0 Å². The van der Waals surface area contributed by atoms with Crippen molar-refractivity contribution in [1.82, 2.24) is 14.5 Å². The van der Waals surface area contributed by atoms with Crippen LogP contribution < -0.4 is 5.73 Å². The smallest absolute Gasteiger partial charge is 0.146 e. The van der Waals surface area contributed by atoms with Gasteiger partial charge in [-0.3, -0.25) is 0 Å². The summed E-state index contributed by atoms with van der Waals surface area (Å²) in [6, 6.07) is 0.402. The first-order chi connectivity index (χ1) is 10.0. The fourth-order valence-electron chi connectivity index (χ4n) is 3.54. The average Bonchev–Trinajstić information content (AvgIpc) is 2.71. The largest absolute Gasteiger partial charge is 0.383 e. The second-order valence-corrected chi connectivity index (χ2v) is 6.13. The van der Waals surface area contributed by atoms with Crippen LogP contribution in [0.25, 0.3) is 11.0 Å². The molecule has 1 unspecified atom stereocenters. The quantitative estimate of drug-likeness (QED) is 0.922. The van der Waals surface area contributed by atoms with E-state index in [4.69, 9.17) is 10.5 Å². The number of hydrogen-bond acceptors (Lipinski definition) is 4. The molecule has 1 saturated heterocycles. The number of aromatic nitrogens is 3. The highest BCUT2D eigenvalue weighted by Crippen LogP contribution is 2.35. The van der Waals surface area contributed by atoms with E-state index in [0.717, 1.165) is 42.9 Å². The molecule has 5 heteroatoms. The number of rotatable bonds is 2. The Hall–Kier alpha value is -1.62. The minimum atomic E-state index is 0.402. The molecule has 114 valence electrons. The van der Waals surface area contributed by atoms with E-state index >= 15 is 0 Å². The van der Waals surface area contributed by atoms with Crippen molar-refractivity contribution in [3.8, 4) is 0 Å². The number of nitrogens with zero attached hydrogens (tertiary/aromatic N) is 3. The molecule has 0 spiro atoms. The third-order valence-corrected chi connectivity index (χ3v) is 4.89. The third kappa shape index (κ3) is 2.29. The van der Waals surface area contributed by atoms with Gasteiger partial charge in [-0.2, -0.15) is 0 Å². The molecule has 3 rings (SSSR count). The van der Waals surface area contributed by atoms with E-state index < -0.39 is 0 Å². The Bertz CT molecular complexity index is 671. The summed E-state index contributed by atoms with van der Waals surface area (Å²) in [6.45, 7) is 10.2. The number of hydrogen-bond donors (Lipinski definition) is 1. The minimum Gasteiger partial charge on any atom is -0.383 e. The number of anilines is 1. The van der Waals surface area contributed by atoms with Crippen molar-refractivity contribution >= 4 is 16.9 Å². The van der Waals surface area contributed by atoms with Gasteiger partial charge in [0.2, 0.25) is 0 Å². The van der Waals surface area contributed by atoms with Crippen LogP contribution in [0.3, 0.4) is 0 Å². The van der Waals surface area contributed by atoms with Gasteiger partial charge in [0.1, 0.15) is 17.3 Å². The minimum absolute atomic E-state index is 0.402. The fourth-order valence-corrected chi connectivity index (χ4v) is 3.54. The Morgan fingerprint density at radius 2 is 1.86 bits per heavy atom. The number of aryl methyl sites for hydroxylation is 2. The molecule has 21 heavy (non-hydrogen) atoms. The lowest BCUT2D eigenvalue weighted by atomic mass is 9.92. The van der Waals surface area contributed by atoms with Gasteiger partial charge in [0, 0.05) is 24.9 Å². The molecule has 1 atom stereocenters. The molecule has 0 aromatic carbocycles. The highest BCUT2D eigenvalue weighted by molar-refractivity contribution is 5.91. The summed E-state index contributed by atoms with van der Waals surface area (Å²) in [7, 11) is 0. The highest BCUT2D eigenvalue weighted by Gasteiger charge is 2.26. The van der Waals surface area contributed by atoms with Crippen molar-refractivity contribution in [3.05, 3.63) is 17.1 Å². The molecule has 0 saturated carbocycles. The van der Waals surface area contributed by atoms with Gasteiger partial charge in [0.25, 0.3) is 0 Å². The van der Waals surface area contributed by atoms with Gasteiger partial charge in [-0.25, -0.2) is 9.97 Å². The summed E-state index contributed by atoms with van der Waals surface area (Å²) in [4.78, 5) is 9.00. The van der Waals surface area contributed by atoms with Crippen molar-refractivity contribution < 1.29 is 4.74 Å². The lowest BCUT2D eigenvalue weighted by Gasteiger charge is -2.30. The maximum atomic E-state index is 6.13. The van der Waals surface area contributed by atoms with Crippen LogP contribution >= 0.6 is 0 Å². The van der Waals surface area contributed by atoms with E-state index in [1.165, 1.54) is 11.3 Å². The molecule has 5 nitrogen and oxygen atoms in total. The first kappa shape index (κ1) is 14.3. The second kappa shape index (κ2) is 5.30. The summed E-state index contributed by atoms with van der Waals surface area (Å²) in [5, 5.41) is 1.01. The molecule has 0 radical (unpaired) electrons. The average molecular weight is 288 g/mol. The van der Waals surface area contributed by atoms with Crippen LogP contribution in [0.4, 0.5) is 5.82 Å². The Morgan fingerprint density at radius 3 is 2.52 bits per heavy atom. The Labute approximate surface area is 125 Å². The topological polar surface area (TPSA) is 66.0 Å². The number of nitrogens with two attached hydrogens (primary N) is 1. The Kier molecular flexibility index (Phi) is 3.61. The van der Waals surface area contributed by atoms with Gasteiger partial charge < -0.3 is 15.0 Å². The number of ether oxygens (including phenoxy) is 1. The standard InChI is InChI=1S/C16H24N4O/c1-9-10(2)20(11(3)13-5-7-21-8-6-13)16-14(9)15(17)18-12(4)19-16/h11,13H,5-8H2,1-4H3,(H2,17,18,19). The Morgan fingerprint density at radius 1 is 1.19 bits per heavy atom. The molecule has 2 N–H and O–H groups in total. The van der Waals surface area contributed by atoms with Gasteiger partial charge >= 0.3 is 0 Å². The SMILES string of the molecule is Cc1nc(N)c2c(C)c(C)n(C(C)C3CCOCC3)c2n1. The lowest BCUT2D eigenvalue weighted by molar-refractivity contribution is 0.0516. The van der Waals surface area contributed by atoms with E-state index in [0.29, 0.717) is 17.8 Å². The molecule has 1 aliphatic rings. The number of nitrogen functional groups attached to an aromatic ring is 1. The van der Waals surface area contributed by atoms with Crippen LogP contribution in [0, 0.1) is 26.7 Å². The zero-order valence-electron chi connectivity index (χ0n) is 13.3. The van der Waals surface area contributed by atoms with Crippen molar-refractivity contribution in [2.75, 3.05) is 18.9 Å². The molecule has 0 bridgehead atoms. The normalized spacial score (nSPS) is 18.3.